The summed E-state index contributed by atoms with van der Waals surface area (Å²) in [6, 6.07) is 2.13. The Bertz CT molecular complexity index is 428. The van der Waals surface area contributed by atoms with Crippen molar-refractivity contribution in [3.8, 4) is 11.5 Å². The Kier molecular flexibility index (Phi) is 4.36. The number of methoxy groups -OCH3 is 2. The number of piperidine rings is 1. The van der Waals surface area contributed by atoms with Gasteiger partial charge in [0.25, 0.3) is 0 Å². The Morgan fingerprint density at radius 3 is 2.61 bits per heavy atom. The molecule has 1 unspecified atom stereocenters. The molecule has 2 rings (SSSR count). The second kappa shape index (κ2) is 5.81. The topological polar surface area (TPSA) is 30.5 Å². The lowest BCUT2D eigenvalue weighted by atomic mass is 9.93. The van der Waals surface area contributed by atoms with Crippen LogP contribution in [0.2, 0.25) is 5.02 Å². The van der Waals surface area contributed by atoms with Gasteiger partial charge in [0.2, 0.25) is 0 Å². The van der Waals surface area contributed by atoms with E-state index in [0.29, 0.717) is 11.8 Å². The van der Waals surface area contributed by atoms with E-state index in [1.54, 1.807) is 14.2 Å². The lowest BCUT2D eigenvalue weighted by molar-refractivity contribution is 0.337. The fourth-order valence-corrected chi connectivity index (χ4v) is 2.80. The molecule has 0 saturated carbocycles. The van der Waals surface area contributed by atoms with Crippen LogP contribution in [0.25, 0.3) is 0 Å². The molecule has 1 atom stereocenters. The first kappa shape index (κ1) is 13.5. The summed E-state index contributed by atoms with van der Waals surface area (Å²) in [7, 11) is 3.32. The van der Waals surface area contributed by atoms with Gasteiger partial charge in [0, 0.05) is 22.7 Å². The molecule has 3 nitrogen and oxygen atoms in total. The monoisotopic (exact) mass is 269 g/mol. The Hall–Kier alpha value is -0.930. The zero-order valence-electron chi connectivity index (χ0n) is 11.2. The van der Waals surface area contributed by atoms with Crippen molar-refractivity contribution in [2.75, 3.05) is 20.8 Å². The van der Waals surface area contributed by atoms with Crippen LogP contribution in [0.3, 0.4) is 0 Å². The molecular weight excluding hydrogens is 250 g/mol. The number of benzene rings is 1. The Morgan fingerprint density at radius 1 is 1.28 bits per heavy atom. The third-order valence-corrected chi connectivity index (χ3v) is 3.96. The van der Waals surface area contributed by atoms with Gasteiger partial charge in [0.05, 0.1) is 14.2 Å². The van der Waals surface area contributed by atoms with Crippen LogP contribution < -0.4 is 14.8 Å². The van der Waals surface area contributed by atoms with Crippen molar-refractivity contribution >= 4 is 11.6 Å². The molecule has 0 aliphatic carbocycles. The summed E-state index contributed by atoms with van der Waals surface area (Å²) in [5.74, 6) is 1.51. The molecule has 0 bridgehead atoms. The molecule has 1 fully saturated rings. The maximum atomic E-state index is 6.28. The highest BCUT2D eigenvalue weighted by molar-refractivity contribution is 6.31. The van der Waals surface area contributed by atoms with Gasteiger partial charge in [-0.05, 0) is 31.9 Å². The van der Waals surface area contributed by atoms with Crippen LogP contribution in [-0.2, 0) is 0 Å². The Balaban J connectivity index is 2.51. The van der Waals surface area contributed by atoms with Crippen molar-refractivity contribution in [3.05, 3.63) is 22.2 Å². The van der Waals surface area contributed by atoms with Crippen LogP contribution in [0.4, 0.5) is 0 Å². The quantitative estimate of drug-likeness (QED) is 0.911. The molecular formula is C14H20ClNO2. The van der Waals surface area contributed by atoms with E-state index in [-0.39, 0.29) is 0 Å². The summed E-state index contributed by atoms with van der Waals surface area (Å²) in [5, 5.41) is 4.27. The molecule has 1 aliphatic heterocycles. The third kappa shape index (κ3) is 2.43. The Morgan fingerprint density at radius 2 is 2.06 bits per heavy atom. The van der Waals surface area contributed by atoms with Crippen molar-refractivity contribution in [2.45, 2.75) is 32.2 Å². The normalized spacial score (nSPS) is 19.7. The van der Waals surface area contributed by atoms with Crippen LogP contribution in [-0.4, -0.2) is 20.8 Å². The minimum atomic E-state index is 0.307. The Labute approximate surface area is 113 Å². The SMILES string of the molecule is COc1cc(Cl)c(C)c(C2CCCCN2)c1OC. The van der Waals surface area contributed by atoms with E-state index in [2.05, 4.69) is 5.32 Å². The molecule has 100 valence electrons. The number of halogens is 1. The lowest BCUT2D eigenvalue weighted by Crippen LogP contribution is -2.28. The van der Waals surface area contributed by atoms with E-state index in [0.717, 1.165) is 34.9 Å². The largest absolute Gasteiger partial charge is 0.493 e. The van der Waals surface area contributed by atoms with Gasteiger partial charge in [0.1, 0.15) is 0 Å². The molecule has 1 saturated heterocycles. The summed E-state index contributed by atoms with van der Waals surface area (Å²) in [5.41, 5.74) is 2.22. The first-order chi connectivity index (χ1) is 8.69. The average molecular weight is 270 g/mol. The molecule has 1 N–H and O–H groups in total. The van der Waals surface area contributed by atoms with Gasteiger partial charge in [-0.2, -0.15) is 0 Å². The average Bonchev–Trinajstić information content (AvgIpc) is 2.42. The standard InChI is InChI=1S/C14H20ClNO2/c1-9-10(15)8-12(17-2)14(18-3)13(9)11-6-4-5-7-16-11/h8,11,16H,4-7H2,1-3H3. The highest BCUT2D eigenvalue weighted by Gasteiger charge is 2.24. The second-order valence-electron chi connectivity index (χ2n) is 4.64. The summed E-state index contributed by atoms with van der Waals surface area (Å²) in [6.07, 6.45) is 3.57. The van der Waals surface area contributed by atoms with E-state index >= 15 is 0 Å². The molecule has 0 spiro atoms. The van der Waals surface area contributed by atoms with Crippen molar-refractivity contribution in [1.82, 2.24) is 5.32 Å². The number of ether oxygens (including phenoxy) is 2. The zero-order chi connectivity index (χ0) is 13.1. The van der Waals surface area contributed by atoms with E-state index in [4.69, 9.17) is 21.1 Å². The smallest absolute Gasteiger partial charge is 0.165 e. The minimum absolute atomic E-state index is 0.307. The van der Waals surface area contributed by atoms with Crippen LogP contribution >= 0.6 is 11.6 Å². The van der Waals surface area contributed by atoms with E-state index in [1.807, 2.05) is 13.0 Å². The zero-order valence-corrected chi connectivity index (χ0v) is 11.9. The van der Waals surface area contributed by atoms with Gasteiger partial charge in [-0.15, -0.1) is 0 Å². The highest BCUT2D eigenvalue weighted by atomic mass is 35.5. The van der Waals surface area contributed by atoms with Crippen molar-refractivity contribution < 1.29 is 9.47 Å². The molecule has 1 aliphatic rings. The van der Waals surface area contributed by atoms with Crippen molar-refractivity contribution in [1.29, 1.82) is 0 Å². The van der Waals surface area contributed by atoms with Gasteiger partial charge in [-0.3, -0.25) is 0 Å². The molecule has 1 aromatic rings. The minimum Gasteiger partial charge on any atom is -0.493 e. The predicted molar refractivity (Wildman–Crippen MR) is 73.9 cm³/mol. The highest BCUT2D eigenvalue weighted by Crippen LogP contribution is 2.42. The molecule has 1 heterocycles. The molecule has 0 aromatic heterocycles. The maximum absolute atomic E-state index is 6.28. The van der Waals surface area contributed by atoms with Crippen molar-refractivity contribution in [3.63, 3.8) is 0 Å². The fraction of sp³-hybridized carbons (Fsp3) is 0.571. The first-order valence-electron chi connectivity index (χ1n) is 6.33. The molecule has 1 aromatic carbocycles. The molecule has 4 heteroatoms. The second-order valence-corrected chi connectivity index (χ2v) is 5.04. The van der Waals surface area contributed by atoms with Crippen LogP contribution in [0.1, 0.15) is 36.4 Å². The predicted octanol–water partition coefficient (Wildman–Crippen LogP) is 3.48. The number of nitrogens with one attached hydrogen (secondary N) is 1. The van der Waals surface area contributed by atoms with E-state index in [1.165, 1.54) is 12.8 Å². The number of hydrogen-bond acceptors (Lipinski definition) is 3. The van der Waals surface area contributed by atoms with Gasteiger partial charge in [-0.25, -0.2) is 0 Å². The molecule has 0 amide bonds. The van der Waals surface area contributed by atoms with Gasteiger partial charge < -0.3 is 14.8 Å². The van der Waals surface area contributed by atoms with Crippen molar-refractivity contribution in [2.24, 2.45) is 0 Å². The fourth-order valence-electron chi connectivity index (χ4n) is 2.60. The van der Waals surface area contributed by atoms with Crippen LogP contribution in [0.15, 0.2) is 6.07 Å². The number of rotatable bonds is 3. The van der Waals surface area contributed by atoms with E-state index < -0.39 is 0 Å². The summed E-state index contributed by atoms with van der Waals surface area (Å²) in [6.45, 7) is 3.08. The van der Waals surface area contributed by atoms with Gasteiger partial charge >= 0.3 is 0 Å². The molecule has 0 radical (unpaired) electrons. The third-order valence-electron chi connectivity index (χ3n) is 3.57. The number of hydrogen-bond donors (Lipinski definition) is 1. The molecule has 18 heavy (non-hydrogen) atoms. The first-order valence-corrected chi connectivity index (χ1v) is 6.71. The lowest BCUT2D eigenvalue weighted by Gasteiger charge is -2.28. The van der Waals surface area contributed by atoms with Gasteiger partial charge in [-0.1, -0.05) is 18.0 Å². The summed E-state index contributed by atoms with van der Waals surface area (Å²) >= 11 is 6.28. The van der Waals surface area contributed by atoms with Crippen LogP contribution in [0, 0.1) is 6.92 Å². The summed E-state index contributed by atoms with van der Waals surface area (Å²) < 4.78 is 10.9. The van der Waals surface area contributed by atoms with Crippen LogP contribution in [0.5, 0.6) is 11.5 Å². The van der Waals surface area contributed by atoms with E-state index in [9.17, 15) is 0 Å². The summed E-state index contributed by atoms with van der Waals surface area (Å²) in [4.78, 5) is 0. The van der Waals surface area contributed by atoms with Gasteiger partial charge in [0.15, 0.2) is 11.5 Å². The maximum Gasteiger partial charge on any atom is 0.165 e.